The van der Waals surface area contributed by atoms with Crippen molar-refractivity contribution < 1.29 is 9.53 Å². The van der Waals surface area contributed by atoms with Gasteiger partial charge in [-0.25, -0.2) is 0 Å². The largest absolute Gasteiger partial charge is 0.369 e. The molecule has 0 saturated carbocycles. The predicted molar refractivity (Wildman–Crippen MR) is 80.1 cm³/mol. The number of hydrogen-bond donors (Lipinski definition) is 0. The molecule has 0 N–H and O–H groups in total. The molecule has 0 amide bonds. The van der Waals surface area contributed by atoms with Gasteiger partial charge >= 0.3 is 0 Å². The summed E-state index contributed by atoms with van der Waals surface area (Å²) in [5, 5.41) is 0. The highest BCUT2D eigenvalue weighted by Crippen LogP contribution is 2.40. The Labute approximate surface area is 117 Å². The fourth-order valence-corrected chi connectivity index (χ4v) is 3.18. The molecule has 108 valence electrons. The lowest BCUT2D eigenvalue weighted by atomic mass is 9.70. The Balaban J connectivity index is 3.03. The number of ether oxygens (including phenoxy) is 1. The first-order valence-corrected chi connectivity index (χ1v) is 7.51. The smallest absolute Gasteiger partial charge is 0.126 e. The van der Waals surface area contributed by atoms with Crippen LogP contribution in [0.3, 0.4) is 0 Å². The van der Waals surface area contributed by atoms with Gasteiger partial charge in [0.05, 0.1) is 5.92 Å². The van der Waals surface area contributed by atoms with Crippen LogP contribution in [-0.4, -0.2) is 19.0 Å². The van der Waals surface area contributed by atoms with Gasteiger partial charge < -0.3 is 9.53 Å². The third-order valence-corrected chi connectivity index (χ3v) is 4.48. The van der Waals surface area contributed by atoms with Gasteiger partial charge in [0.1, 0.15) is 11.9 Å². The fourth-order valence-electron chi connectivity index (χ4n) is 3.18. The van der Waals surface area contributed by atoms with Crippen LogP contribution in [0.4, 0.5) is 0 Å². The van der Waals surface area contributed by atoms with Gasteiger partial charge in [0, 0.05) is 7.11 Å². The van der Waals surface area contributed by atoms with E-state index in [-0.39, 0.29) is 5.92 Å². The summed E-state index contributed by atoms with van der Waals surface area (Å²) in [5.74, 6) is 0.311. The van der Waals surface area contributed by atoms with Crippen LogP contribution >= 0.6 is 0 Å². The Morgan fingerprint density at radius 3 is 2.68 bits per heavy atom. The molecular weight excluding hydrogens is 236 g/mol. The van der Waals surface area contributed by atoms with Crippen molar-refractivity contribution in [2.75, 3.05) is 7.11 Å². The lowest BCUT2D eigenvalue weighted by Crippen LogP contribution is -2.45. The zero-order chi connectivity index (χ0) is 14.3. The molecule has 0 fully saturated rings. The minimum atomic E-state index is -0.519. The van der Waals surface area contributed by atoms with Crippen LogP contribution in [0.1, 0.15) is 52.9 Å². The zero-order valence-corrected chi connectivity index (χ0v) is 12.8. The van der Waals surface area contributed by atoms with Crippen molar-refractivity contribution in [2.45, 2.75) is 58.5 Å². The minimum absolute atomic E-state index is 0.0816. The molecule has 3 unspecified atom stereocenters. The quantitative estimate of drug-likeness (QED) is 0.482. The summed E-state index contributed by atoms with van der Waals surface area (Å²) in [6, 6.07) is 0. The molecule has 19 heavy (non-hydrogen) atoms. The maximum atomic E-state index is 11.7. The van der Waals surface area contributed by atoms with E-state index in [4.69, 9.17) is 4.74 Å². The lowest BCUT2D eigenvalue weighted by molar-refractivity contribution is -0.120. The monoisotopic (exact) mass is 264 g/mol. The molecule has 1 aliphatic carbocycles. The summed E-state index contributed by atoms with van der Waals surface area (Å²) in [6.07, 6.45) is 12.9. The average molecular weight is 264 g/mol. The summed E-state index contributed by atoms with van der Waals surface area (Å²) in [7, 11) is 1.72. The molecular formula is C17H28O2. The number of methoxy groups -OCH3 is 1. The number of hydrogen-bond acceptors (Lipinski definition) is 2. The maximum Gasteiger partial charge on any atom is 0.126 e. The number of allylic oxidation sites excluding steroid dienone is 2. The Kier molecular flexibility index (Phi) is 6.50. The van der Waals surface area contributed by atoms with Gasteiger partial charge in [0.25, 0.3) is 0 Å². The van der Waals surface area contributed by atoms with Gasteiger partial charge in [-0.1, -0.05) is 51.3 Å². The van der Waals surface area contributed by atoms with Gasteiger partial charge in [-0.15, -0.1) is 0 Å². The third kappa shape index (κ3) is 3.36. The molecule has 0 radical (unpaired) electrons. The normalized spacial score (nSPS) is 25.8. The minimum Gasteiger partial charge on any atom is -0.369 e. The summed E-state index contributed by atoms with van der Waals surface area (Å²) >= 11 is 0. The molecule has 2 nitrogen and oxygen atoms in total. The van der Waals surface area contributed by atoms with Gasteiger partial charge in [-0.2, -0.15) is 0 Å². The first kappa shape index (κ1) is 16.2. The highest BCUT2D eigenvalue weighted by atomic mass is 16.5. The van der Waals surface area contributed by atoms with E-state index in [0.717, 1.165) is 25.5 Å². The molecule has 0 aromatic rings. The van der Waals surface area contributed by atoms with Crippen molar-refractivity contribution in [3.63, 3.8) is 0 Å². The third-order valence-electron chi connectivity index (χ3n) is 4.48. The Morgan fingerprint density at radius 1 is 1.47 bits per heavy atom. The van der Waals surface area contributed by atoms with Gasteiger partial charge in [-0.3, -0.25) is 0 Å². The van der Waals surface area contributed by atoms with Crippen LogP contribution in [-0.2, 0) is 9.53 Å². The zero-order valence-electron chi connectivity index (χ0n) is 12.8. The van der Waals surface area contributed by atoms with E-state index in [1.807, 2.05) is 0 Å². The topological polar surface area (TPSA) is 26.3 Å². The first-order valence-electron chi connectivity index (χ1n) is 7.51. The van der Waals surface area contributed by atoms with Gasteiger partial charge in [0.15, 0.2) is 0 Å². The molecule has 3 atom stereocenters. The van der Waals surface area contributed by atoms with Gasteiger partial charge in [0.2, 0.25) is 0 Å². The van der Waals surface area contributed by atoms with E-state index in [2.05, 4.69) is 39.0 Å². The molecule has 0 heterocycles. The van der Waals surface area contributed by atoms with Crippen LogP contribution in [0, 0.1) is 11.8 Å². The Bertz CT molecular complexity index is 343. The molecule has 0 bridgehead atoms. The summed E-state index contributed by atoms with van der Waals surface area (Å²) in [5.41, 5.74) is 0.651. The van der Waals surface area contributed by atoms with Crippen LogP contribution < -0.4 is 0 Å². The van der Waals surface area contributed by atoms with E-state index in [1.54, 1.807) is 7.11 Å². The molecule has 0 aliphatic heterocycles. The van der Waals surface area contributed by atoms with Gasteiger partial charge in [-0.05, 0) is 31.3 Å². The summed E-state index contributed by atoms with van der Waals surface area (Å²) in [4.78, 5) is 11.7. The number of unbranched alkanes of at least 4 members (excludes halogenated alkanes) is 1. The van der Waals surface area contributed by atoms with E-state index in [9.17, 15) is 4.79 Å². The van der Waals surface area contributed by atoms with Crippen molar-refractivity contribution in [1.29, 1.82) is 0 Å². The average Bonchev–Trinajstić information content (AvgIpc) is 2.45. The van der Waals surface area contributed by atoms with Crippen molar-refractivity contribution in [3.8, 4) is 0 Å². The van der Waals surface area contributed by atoms with Crippen LogP contribution in [0.15, 0.2) is 23.8 Å². The highest BCUT2D eigenvalue weighted by molar-refractivity contribution is 5.60. The van der Waals surface area contributed by atoms with Crippen LogP contribution in [0.25, 0.3) is 0 Å². The second-order valence-electron chi connectivity index (χ2n) is 5.49. The molecule has 0 aromatic carbocycles. The number of rotatable bonds is 8. The maximum absolute atomic E-state index is 11.7. The number of carbonyl (C=O) groups is 1. The predicted octanol–water partition coefficient (Wildman–Crippen LogP) is 4.31. The van der Waals surface area contributed by atoms with E-state index < -0.39 is 5.60 Å². The lowest BCUT2D eigenvalue weighted by Gasteiger charge is -2.41. The van der Waals surface area contributed by atoms with Crippen LogP contribution in [0.2, 0.25) is 0 Å². The van der Waals surface area contributed by atoms with Crippen molar-refractivity contribution in [3.05, 3.63) is 23.8 Å². The van der Waals surface area contributed by atoms with Crippen LogP contribution in [0.5, 0.6) is 0 Å². The molecule has 1 rings (SSSR count). The SMILES string of the molecule is CCCCC(CC)C(C=O)C1(OC)C=CCC=C1C. The highest BCUT2D eigenvalue weighted by Gasteiger charge is 2.42. The van der Waals surface area contributed by atoms with E-state index in [1.165, 1.54) is 18.4 Å². The van der Waals surface area contributed by atoms with Crippen molar-refractivity contribution in [1.82, 2.24) is 0 Å². The number of carbonyl (C=O) groups excluding carboxylic acids is 1. The summed E-state index contributed by atoms with van der Waals surface area (Å²) in [6.45, 7) is 6.45. The second-order valence-corrected chi connectivity index (χ2v) is 5.49. The summed E-state index contributed by atoms with van der Waals surface area (Å²) < 4.78 is 5.82. The van der Waals surface area contributed by atoms with E-state index in [0.29, 0.717) is 5.92 Å². The second kappa shape index (κ2) is 7.64. The molecule has 1 aliphatic rings. The molecule has 0 aromatic heterocycles. The molecule has 2 heteroatoms. The first-order chi connectivity index (χ1) is 9.16. The van der Waals surface area contributed by atoms with E-state index >= 15 is 0 Å². The van der Waals surface area contributed by atoms with Crippen molar-refractivity contribution >= 4 is 6.29 Å². The standard InChI is InChI=1S/C17H28O2/c1-5-7-11-15(6-2)16(13-18)17(19-4)12-9-8-10-14(17)3/h9-10,12-13,15-16H,5-8,11H2,1-4H3. The fraction of sp³-hybridized carbons (Fsp3) is 0.706. The molecule has 0 saturated heterocycles. The molecule has 0 spiro atoms. The Morgan fingerprint density at radius 2 is 2.21 bits per heavy atom. The number of aldehydes is 1. The Hall–Kier alpha value is -0.890. The van der Waals surface area contributed by atoms with Crippen molar-refractivity contribution in [2.24, 2.45) is 11.8 Å².